The van der Waals surface area contributed by atoms with Crippen LogP contribution in [0.1, 0.15) is 25.3 Å². The van der Waals surface area contributed by atoms with Crippen LogP contribution in [0.5, 0.6) is 0 Å². The van der Waals surface area contributed by atoms with Gasteiger partial charge in [-0.3, -0.25) is 0 Å². The minimum atomic E-state index is -0.288. The van der Waals surface area contributed by atoms with E-state index in [1.54, 1.807) is 18.2 Å². The lowest BCUT2D eigenvalue weighted by molar-refractivity contribution is 0.461. The average Bonchev–Trinajstić information content (AvgIpc) is 2.22. The summed E-state index contributed by atoms with van der Waals surface area (Å²) in [5.41, 5.74) is 0.905. The fourth-order valence-electron chi connectivity index (χ4n) is 1.41. The molecule has 1 aromatic heterocycles. The Morgan fingerprint density at radius 3 is 2.38 bits per heavy atom. The van der Waals surface area contributed by atoms with E-state index in [-0.39, 0.29) is 11.5 Å². The molecule has 1 aromatic rings. The highest BCUT2D eigenvalue weighted by Crippen LogP contribution is 2.05. The summed E-state index contributed by atoms with van der Waals surface area (Å²) in [4.78, 5) is 11.7. The molecule has 16 heavy (non-hydrogen) atoms. The normalized spacial score (nSPS) is 13.2. The van der Waals surface area contributed by atoms with Gasteiger partial charge in [0.1, 0.15) is 5.42 Å². The largest absolute Gasteiger partial charge is 0.423 e. The van der Waals surface area contributed by atoms with Gasteiger partial charge in [0.2, 0.25) is 0 Å². The van der Waals surface area contributed by atoms with E-state index in [2.05, 4.69) is 13.2 Å². The Kier molecular flexibility index (Phi) is 4.06. The third-order valence-electron chi connectivity index (χ3n) is 2.22. The van der Waals surface area contributed by atoms with E-state index >= 15 is 0 Å². The summed E-state index contributed by atoms with van der Waals surface area (Å²) < 4.78 is 5.23. The van der Waals surface area contributed by atoms with Gasteiger partial charge in [0.25, 0.3) is 0 Å². The highest BCUT2D eigenvalue weighted by atomic mass is 16.4. The van der Waals surface area contributed by atoms with Crippen molar-refractivity contribution in [2.75, 3.05) is 0 Å². The average molecular weight is 216 g/mol. The molecule has 2 heteroatoms. The topological polar surface area (TPSA) is 30.2 Å². The first kappa shape index (κ1) is 12.2. The molecule has 0 saturated carbocycles. The zero-order valence-corrected chi connectivity index (χ0v) is 9.69. The fraction of sp³-hybridized carbons (Fsp3) is 0.214. The van der Waals surface area contributed by atoms with Gasteiger partial charge in [-0.25, -0.2) is 4.79 Å². The van der Waals surface area contributed by atoms with E-state index in [0.717, 1.165) is 5.22 Å². The molecule has 1 rings (SSSR count). The Hall–Kier alpha value is -1.83. The van der Waals surface area contributed by atoms with E-state index in [1.165, 1.54) is 0 Å². The van der Waals surface area contributed by atoms with Crippen LogP contribution in [-0.2, 0) is 0 Å². The van der Waals surface area contributed by atoms with E-state index in [0.29, 0.717) is 11.0 Å². The van der Waals surface area contributed by atoms with Crippen molar-refractivity contribution >= 4 is 12.2 Å². The van der Waals surface area contributed by atoms with Crippen LogP contribution in [0, 0.1) is 0 Å². The Balaban J connectivity index is 3.70. The SMILES string of the molecule is C=C/C=c1/cc(C(C)C)c(=O)o/c1=C/C=C. The molecule has 0 radical (unpaired) electrons. The summed E-state index contributed by atoms with van der Waals surface area (Å²) in [5.74, 6) is 0.144. The van der Waals surface area contributed by atoms with E-state index < -0.39 is 0 Å². The van der Waals surface area contributed by atoms with Crippen LogP contribution in [0.15, 0.2) is 40.6 Å². The molecule has 84 valence electrons. The number of hydrogen-bond donors (Lipinski definition) is 0. The first-order valence-electron chi connectivity index (χ1n) is 5.19. The zero-order valence-electron chi connectivity index (χ0n) is 9.69. The van der Waals surface area contributed by atoms with Crippen LogP contribution < -0.4 is 16.3 Å². The van der Waals surface area contributed by atoms with Gasteiger partial charge < -0.3 is 4.42 Å². The van der Waals surface area contributed by atoms with Crippen molar-refractivity contribution in [2.24, 2.45) is 0 Å². The maximum absolute atomic E-state index is 11.7. The molecule has 0 atom stereocenters. The van der Waals surface area contributed by atoms with Crippen molar-refractivity contribution < 1.29 is 4.42 Å². The summed E-state index contributed by atoms with van der Waals surface area (Å²) in [5, 5.41) is 0.846. The molecular weight excluding hydrogens is 200 g/mol. The van der Waals surface area contributed by atoms with Gasteiger partial charge >= 0.3 is 5.63 Å². The molecule has 0 saturated heterocycles. The van der Waals surface area contributed by atoms with Gasteiger partial charge in [0.05, 0.1) is 0 Å². The molecule has 0 unspecified atom stereocenters. The summed E-state index contributed by atoms with van der Waals surface area (Å²) in [6.07, 6.45) is 6.73. The lowest BCUT2D eigenvalue weighted by Crippen LogP contribution is -2.31. The molecule has 0 spiro atoms. The van der Waals surface area contributed by atoms with Gasteiger partial charge in [-0.2, -0.15) is 0 Å². The number of hydrogen-bond acceptors (Lipinski definition) is 2. The Labute approximate surface area is 94.9 Å². The molecule has 0 aliphatic heterocycles. The molecule has 0 N–H and O–H groups in total. The monoisotopic (exact) mass is 216 g/mol. The first-order valence-corrected chi connectivity index (χ1v) is 5.19. The summed E-state index contributed by atoms with van der Waals surface area (Å²) in [6.45, 7) is 11.1. The van der Waals surface area contributed by atoms with Crippen molar-refractivity contribution in [3.63, 3.8) is 0 Å². The van der Waals surface area contributed by atoms with Gasteiger partial charge in [-0.15, -0.1) is 0 Å². The van der Waals surface area contributed by atoms with E-state index in [4.69, 9.17) is 4.42 Å². The van der Waals surface area contributed by atoms with Crippen LogP contribution >= 0.6 is 0 Å². The Morgan fingerprint density at radius 1 is 1.25 bits per heavy atom. The predicted molar refractivity (Wildman–Crippen MR) is 67.6 cm³/mol. The van der Waals surface area contributed by atoms with Crippen molar-refractivity contribution in [3.8, 4) is 0 Å². The minimum absolute atomic E-state index is 0.144. The molecule has 0 fully saturated rings. The van der Waals surface area contributed by atoms with Crippen LogP contribution in [-0.4, -0.2) is 0 Å². The summed E-state index contributed by atoms with van der Waals surface area (Å²) in [6, 6.07) is 1.84. The highest BCUT2D eigenvalue weighted by Gasteiger charge is 2.06. The van der Waals surface area contributed by atoms with Crippen molar-refractivity contribution in [1.29, 1.82) is 0 Å². The smallest absolute Gasteiger partial charge is 0.339 e. The third kappa shape index (κ3) is 2.60. The quantitative estimate of drug-likeness (QED) is 0.769. The second kappa shape index (κ2) is 5.31. The third-order valence-corrected chi connectivity index (χ3v) is 2.22. The molecule has 0 amide bonds. The van der Waals surface area contributed by atoms with Crippen LogP contribution in [0.3, 0.4) is 0 Å². The Morgan fingerprint density at radius 2 is 1.88 bits per heavy atom. The van der Waals surface area contributed by atoms with Gasteiger partial charge in [-0.1, -0.05) is 45.2 Å². The standard InChI is InChI=1S/C14H16O2/c1-5-7-11-9-12(10(3)4)14(15)16-13(11)8-6-2/h5-10H,1-2H2,3-4H3/b11-7-,13-8+. The lowest BCUT2D eigenvalue weighted by Gasteiger charge is -2.02. The molecule has 0 bridgehead atoms. The highest BCUT2D eigenvalue weighted by molar-refractivity contribution is 5.40. The second-order valence-corrected chi connectivity index (χ2v) is 3.77. The van der Waals surface area contributed by atoms with Crippen molar-refractivity contribution in [3.05, 3.63) is 58.0 Å². The van der Waals surface area contributed by atoms with Crippen molar-refractivity contribution in [2.45, 2.75) is 19.8 Å². The summed E-state index contributed by atoms with van der Waals surface area (Å²) >= 11 is 0. The van der Waals surface area contributed by atoms with Gasteiger partial charge in [0.15, 0.2) is 0 Å². The zero-order chi connectivity index (χ0) is 12.1. The van der Waals surface area contributed by atoms with Crippen molar-refractivity contribution in [1.82, 2.24) is 0 Å². The first-order chi connectivity index (χ1) is 7.60. The predicted octanol–water partition coefficient (Wildman–Crippen LogP) is 1.70. The van der Waals surface area contributed by atoms with Gasteiger partial charge in [0, 0.05) is 10.8 Å². The van der Waals surface area contributed by atoms with Crippen LogP contribution in [0.2, 0.25) is 0 Å². The van der Waals surface area contributed by atoms with Gasteiger partial charge in [-0.05, 0) is 18.1 Å². The molecule has 0 aliphatic rings. The van der Waals surface area contributed by atoms with Crippen LogP contribution in [0.25, 0.3) is 12.2 Å². The van der Waals surface area contributed by atoms with E-state index in [1.807, 2.05) is 26.0 Å². The molecule has 0 aliphatic carbocycles. The molecular formula is C14H16O2. The number of allylic oxidation sites excluding steroid dienone is 2. The summed E-state index contributed by atoms with van der Waals surface area (Å²) in [7, 11) is 0. The fourth-order valence-corrected chi connectivity index (χ4v) is 1.41. The van der Waals surface area contributed by atoms with Crippen LogP contribution in [0.4, 0.5) is 0 Å². The maximum Gasteiger partial charge on any atom is 0.339 e. The Bertz CT molecular complexity index is 559. The van der Waals surface area contributed by atoms with E-state index in [9.17, 15) is 4.79 Å². The lowest BCUT2D eigenvalue weighted by atomic mass is 10.1. The molecule has 2 nitrogen and oxygen atoms in total. The maximum atomic E-state index is 11.7. The minimum Gasteiger partial charge on any atom is -0.423 e. The second-order valence-electron chi connectivity index (χ2n) is 3.77. The molecule has 0 aromatic carbocycles. The number of rotatable bonds is 3. The molecule has 1 heterocycles.